The number of anilines is 2. The number of aromatic nitrogens is 1. The maximum Gasteiger partial charge on any atom is 0.416 e. The molecule has 31 heavy (non-hydrogen) atoms. The molecule has 6 heteroatoms. The van der Waals surface area contributed by atoms with Crippen molar-refractivity contribution in [3.8, 4) is 17.0 Å². The van der Waals surface area contributed by atoms with Crippen molar-refractivity contribution in [1.29, 1.82) is 0 Å². The number of nitrogens with one attached hydrogen (secondary N) is 1. The van der Waals surface area contributed by atoms with Crippen molar-refractivity contribution in [3.05, 3.63) is 108 Å². The predicted octanol–water partition coefficient (Wildman–Crippen LogP) is 7.09. The first-order chi connectivity index (χ1) is 15.0. The first kappa shape index (κ1) is 20.5. The minimum Gasteiger partial charge on any atom is -0.472 e. The fourth-order valence-electron chi connectivity index (χ4n) is 3.10. The second kappa shape index (κ2) is 8.92. The Labute approximate surface area is 178 Å². The van der Waals surface area contributed by atoms with E-state index in [2.05, 4.69) is 10.3 Å². The molecule has 3 nitrogen and oxygen atoms in total. The number of ether oxygens (including phenoxy) is 1. The lowest BCUT2D eigenvalue weighted by atomic mass is 10.0. The highest BCUT2D eigenvalue weighted by molar-refractivity contribution is 5.74. The highest BCUT2D eigenvalue weighted by atomic mass is 19.4. The largest absolute Gasteiger partial charge is 0.472 e. The summed E-state index contributed by atoms with van der Waals surface area (Å²) in [5.41, 5.74) is 3.03. The van der Waals surface area contributed by atoms with E-state index < -0.39 is 11.7 Å². The number of para-hydroxylation sites is 1. The van der Waals surface area contributed by atoms with Gasteiger partial charge in [0.05, 0.1) is 17.4 Å². The summed E-state index contributed by atoms with van der Waals surface area (Å²) >= 11 is 0. The van der Waals surface area contributed by atoms with Gasteiger partial charge in [0.2, 0.25) is 5.88 Å². The number of hydrogen-bond acceptors (Lipinski definition) is 3. The molecule has 1 aromatic heterocycles. The minimum atomic E-state index is -4.39. The van der Waals surface area contributed by atoms with Crippen LogP contribution in [-0.4, -0.2) is 4.98 Å². The van der Waals surface area contributed by atoms with E-state index in [9.17, 15) is 13.2 Å². The van der Waals surface area contributed by atoms with Gasteiger partial charge in [-0.05, 0) is 41.5 Å². The Morgan fingerprint density at radius 3 is 2.06 bits per heavy atom. The first-order valence-electron chi connectivity index (χ1n) is 9.65. The molecule has 1 heterocycles. The number of pyridine rings is 1. The summed E-state index contributed by atoms with van der Waals surface area (Å²) in [4.78, 5) is 4.43. The van der Waals surface area contributed by atoms with Gasteiger partial charge in [-0.2, -0.15) is 13.2 Å². The molecule has 0 unspecified atom stereocenters. The fraction of sp³-hybridized carbons (Fsp3) is 0.0800. The third-order valence-electron chi connectivity index (χ3n) is 4.66. The molecule has 4 aromatic rings. The molecular weight excluding hydrogens is 401 g/mol. The summed E-state index contributed by atoms with van der Waals surface area (Å²) in [7, 11) is 0. The quantitative estimate of drug-likeness (QED) is 0.362. The zero-order valence-electron chi connectivity index (χ0n) is 16.4. The molecule has 0 atom stereocenters. The van der Waals surface area contributed by atoms with Crippen molar-refractivity contribution in [3.63, 3.8) is 0 Å². The Morgan fingerprint density at radius 2 is 1.42 bits per heavy atom. The van der Waals surface area contributed by atoms with E-state index in [1.807, 2.05) is 66.7 Å². The van der Waals surface area contributed by atoms with E-state index in [0.717, 1.165) is 23.4 Å². The third-order valence-corrected chi connectivity index (χ3v) is 4.66. The molecular formula is C25H19F3N2O. The topological polar surface area (TPSA) is 34.2 Å². The molecule has 0 aliphatic rings. The Balaban J connectivity index is 1.66. The van der Waals surface area contributed by atoms with E-state index in [1.165, 1.54) is 12.1 Å². The number of halogens is 3. The second-order valence-electron chi connectivity index (χ2n) is 6.92. The molecule has 0 aliphatic heterocycles. The van der Waals surface area contributed by atoms with Crippen LogP contribution in [0.5, 0.6) is 5.88 Å². The zero-order valence-corrected chi connectivity index (χ0v) is 16.4. The Hall–Kier alpha value is -3.80. The van der Waals surface area contributed by atoms with Crippen molar-refractivity contribution < 1.29 is 17.9 Å². The Bertz CT molecular complexity index is 1130. The minimum absolute atomic E-state index is 0.299. The van der Waals surface area contributed by atoms with E-state index in [0.29, 0.717) is 29.3 Å². The van der Waals surface area contributed by atoms with Crippen molar-refractivity contribution in [1.82, 2.24) is 4.98 Å². The molecule has 0 spiro atoms. The molecule has 0 fully saturated rings. The van der Waals surface area contributed by atoms with Gasteiger partial charge in [0, 0.05) is 11.3 Å². The van der Waals surface area contributed by atoms with E-state index in [-0.39, 0.29) is 0 Å². The van der Waals surface area contributed by atoms with Crippen LogP contribution in [0.2, 0.25) is 0 Å². The number of nitrogens with zero attached hydrogens (tertiary/aromatic N) is 1. The molecule has 0 bridgehead atoms. The smallest absolute Gasteiger partial charge is 0.416 e. The molecule has 3 aromatic carbocycles. The lowest BCUT2D eigenvalue weighted by Gasteiger charge is -2.14. The second-order valence-corrected chi connectivity index (χ2v) is 6.92. The van der Waals surface area contributed by atoms with Gasteiger partial charge in [0.1, 0.15) is 6.61 Å². The van der Waals surface area contributed by atoms with Crippen molar-refractivity contribution in [2.24, 2.45) is 0 Å². The van der Waals surface area contributed by atoms with E-state index >= 15 is 0 Å². The predicted molar refractivity (Wildman–Crippen MR) is 115 cm³/mol. The van der Waals surface area contributed by atoms with Crippen LogP contribution in [0.15, 0.2) is 97.2 Å². The number of alkyl halides is 3. The maximum atomic E-state index is 13.0. The molecule has 0 aliphatic carbocycles. The van der Waals surface area contributed by atoms with Crippen LogP contribution in [0.25, 0.3) is 11.1 Å². The van der Waals surface area contributed by atoms with Crippen LogP contribution >= 0.6 is 0 Å². The van der Waals surface area contributed by atoms with E-state index in [4.69, 9.17) is 4.74 Å². The number of benzene rings is 3. The van der Waals surface area contributed by atoms with Gasteiger partial charge in [-0.25, -0.2) is 4.98 Å². The molecule has 0 radical (unpaired) electrons. The molecule has 156 valence electrons. The van der Waals surface area contributed by atoms with E-state index in [1.54, 1.807) is 6.20 Å². The zero-order chi connectivity index (χ0) is 21.7. The van der Waals surface area contributed by atoms with Gasteiger partial charge < -0.3 is 10.1 Å². The highest BCUT2D eigenvalue weighted by Gasteiger charge is 2.30. The van der Waals surface area contributed by atoms with Crippen LogP contribution in [0, 0.1) is 0 Å². The number of hydrogen-bond donors (Lipinski definition) is 1. The number of rotatable bonds is 6. The van der Waals surface area contributed by atoms with Crippen molar-refractivity contribution in [2.45, 2.75) is 12.8 Å². The average Bonchev–Trinajstić information content (AvgIpc) is 2.79. The highest BCUT2D eigenvalue weighted by Crippen LogP contribution is 2.35. The summed E-state index contributed by atoms with van der Waals surface area (Å²) in [6.07, 6.45) is -2.75. The lowest BCUT2D eigenvalue weighted by molar-refractivity contribution is -0.137. The average molecular weight is 420 g/mol. The summed E-state index contributed by atoms with van der Waals surface area (Å²) < 4.78 is 44.8. The molecule has 4 rings (SSSR count). The van der Waals surface area contributed by atoms with Crippen molar-refractivity contribution >= 4 is 11.4 Å². The van der Waals surface area contributed by atoms with Gasteiger partial charge in [-0.1, -0.05) is 60.7 Å². The maximum absolute atomic E-state index is 13.0. The lowest BCUT2D eigenvalue weighted by Crippen LogP contribution is -2.04. The van der Waals surface area contributed by atoms with Crippen LogP contribution in [0.4, 0.5) is 24.5 Å². The van der Waals surface area contributed by atoms with Gasteiger partial charge in [0.15, 0.2) is 0 Å². The monoisotopic (exact) mass is 420 g/mol. The fourth-order valence-corrected chi connectivity index (χ4v) is 3.10. The van der Waals surface area contributed by atoms with Crippen molar-refractivity contribution in [2.75, 3.05) is 5.32 Å². The SMILES string of the molecule is FC(F)(F)c1ccc(-c2cc(Nc3ccccc3)cnc2OCc2ccccc2)cc1. The summed E-state index contributed by atoms with van der Waals surface area (Å²) in [6.45, 7) is 0.299. The summed E-state index contributed by atoms with van der Waals surface area (Å²) in [5.74, 6) is 0.349. The third kappa shape index (κ3) is 5.22. The Kier molecular flexibility index (Phi) is 5.89. The standard InChI is InChI=1S/C25H19F3N2O/c26-25(27,28)20-13-11-19(12-14-20)23-15-22(30-21-9-5-2-6-10-21)16-29-24(23)31-17-18-7-3-1-4-8-18/h1-16,30H,17H2. The Morgan fingerprint density at radius 1 is 0.774 bits per heavy atom. The molecule has 0 saturated heterocycles. The summed E-state index contributed by atoms with van der Waals surface area (Å²) in [6, 6.07) is 26.0. The molecule has 0 amide bonds. The van der Waals surface area contributed by atoms with Gasteiger partial charge >= 0.3 is 6.18 Å². The van der Waals surface area contributed by atoms with Gasteiger partial charge in [0.25, 0.3) is 0 Å². The summed E-state index contributed by atoms with van der Waals surface area (Å²) in [5, 5.41) is 3.25. The van der Waals surface area contributed by atoms with Gasteiger partial charge in [-0.3, -0.25) is 0 Å². The van der Waals surface area contributed by atoms with Crippen LogP contribution < -0.4 is 10.1 Å². The molecule has 0 saturated carbocycles. The first-order valence-corrected chi connectivity index (χ1v) is 9.65. The van der Waals surface area contributed by atoms with Crippen LogP contribution in [0.3, 0.4) is 0 Å². The van der Waals surface area contributed by atoms with Crippen LogP contribution in [-0.2, 0) is 12.8 Å². The molecule has 1 N–H and O–H groups in total. The van der Waals surface area contributed by atoms with Gasteiger partial charge in [-0.15, -0.1) is 0 Å². The van der Waals surface area contributed by atoms with Crippen LogP contribution in [0.1, 0.15) is 11.1 Å². The normalized spacial score (nSPS) is 11.2.